The smallest absolute Gasteiger partial charge is 0.335 e. The van der Waals surface area contributed by atoms with Gasteiger partial charge in [0.1, 0.15) is 0 Å². The minimum Gasteiger partial charge on any atom is -0.478 e. The van der Waals surface area contributed by atoms with Gasteiger partial charge in [-0.2, -0.15) is 0 Å². The summed E-state index contributed by atoms with van der Waals surface area (Å²) >= 11 is 2.17. The summed E-state index contributed by atoms with van der Waals surface area (Å²) in [6.45, 7) is 0.586. The van der Waals surface area contributed by atoms with E-state index in [1.807, 2.05) is 18.2 Å². The molecule has 0 saturated heterocycles. The Hall–Kier alpha value is -1.89. The van der Waals surface area contributed by atoms with Crippen molar-refractivity contribution in [2.75, 3.05) is 11.4 Å². The Kier molecular flexibility index (Phi) is 3.67. The van der Waals surface area contributed by atoms with Gasteiger partial charge in [0.05, 0.1) is 5.56 Å². The molecule has 1 aliphatic heterocycles. The van der Waals surface area contributed by atoms with E-state index >= 15 is 0 Å². The van der Waals surface area contributed by atoms with Crippen LogP contribution in [0, 0.1) is 3.57 Å². The number of hydrogen-bond donors (Lipinski definition) is 1. The summed E-state index contributed by atoms with van der Waals surface area (Å²) in [4.78, 5) is 25.4. The molecule has 0 unspecified atom stereocenters. The van der Waals surface area contributed by atoms with Crippen LogP contribution >= 0.6 is 22.6 Å². The van der Waals surface area contributed by atoms with E-state index in [2.05, 4.69) is 22.6 Å². The maximum absolute atomic E-state index is 12.6. The summed E-state index contributed by atoms with van der Waals surface area (Å²) < 4.78 is 0.997. The third-order valence-corrected chi connectivity index (χ3v) is 4.22. The van der Waals surface area contributed by atoms with E-state index in [-0.39, 0.29) is 11.5 Å². The van der Waals surface area contributed by atoms with E-state index in [4.69, 9.17) is 5.11 Å². The van der Waals surface area contributed by atoms with Crippen molar-refractivity contribution < 1.29 is 14.7 Å². The molecule has 106 valence electrons. The van der Waals surface area contributed by atoms with E-state index in [1.54, 1.807) is 29.2 Å². The number of anilines is 1. The second-order valence-corrected chi connectivity index (χ2v) is 6.11. The third kappa shape index (κ3) is 2.65. The number of amides is 1. The zero-order valence-electron chi connectivity index (χ0n) is 11.0. The van der Waals surface area contributed by atoms with Gasteiger partial charge in [-0.05, 0) is 64.9 Å². The van der Waals surface area contributed by atoms with Gasteiger partial charge in [0, 0.05) is 21.4 Å². The maximum atomic E-state index is 12.6. The summed E-state index contributed by atoms with van der Waals surface area (Å²) in [7, 11) is 0. The number of hydrogen-bond acceptors (Lipinski definition) is 2. The third-order valence-electron chi connectivity index (χ3n) is 3.54. The highest BCUT2D eigenvalue weighted by atomic mass is 127. The first kappa shape index (κ1) is 14.1. The molecule has 1 aliphatic rings. The van der Waals surface area contributed by atoms with E-state index in [9.17, 15) is 9.59 Å². The molecule has 0 spiro atoms. The molecule has 21 heavy (non-hydrogen) atoms. The van der Waals surface area contributed by atoms with Crippen LogP contribution in [0.4, 0.5) is 5.69 Å². The van der Waals surface area contributed by atoms with E-state index < -0.39 is 5.97 Å². The number of halogens is 1. The fourth-order valence-electron chi connectivity index (χ4n) is 2.50. The van der Waals surface area contributed by atoms with Gasteiger partial charge in [-0.25, -0.2) is 4.79 Å². The number of benzene rings is 2. The lowest BCUT2D eigenvalue weighted by atomic mass is 10.1. The molecule has 1 amide bonds. The van der Waals surface area contributed by atoms with Crippen LogP contribution in [0.5, 0.6) is 0 Å². The van der Waals surface area contributed by atoms with E-state index in [0.717, 1.165) is 15.6 Å². The number of carboxylic acid groups (broad SMARTS) is 1. The maximum Gasteiger partial charge on any atom is 0.335 e. The highest BCUT2D eigenvalue weighted by Gasteiger charge is 2.26. The molecule has 5 heteroatoms. The number of aromatic carboxylic acids is 1. The minimum atomic E-state index is -0.980. The summed E-state index contributed by atoms with van der Waals surface area (Å²) in [6.07, 6.45) is 0.755. The second-order valence-electron chi connectivity index (χ2n) is 4.87. The van der Waals surface area contributed by atoms with Crippen LogP contribution in [0.25, 0.3) is 0 Å². The predicted molar refractivity (Wildman–Crippen MR) is 87.9 cm³/mol. The fourth-order valence-corrected chi connectivity index (χ4v) is 3.04. The van der Waals surface area contributed by atoms with Crippen LogP contribution in [0.2, 0.25) is 0 Å². The predicted octanol–water partition coefficient (Wildman–Crippen LogP) is 3.19. The fraction of sp³-hybridized carbons (Fsp3) is 0.125. The average molecular weight is 393 g/mol. The quantitative estimate of drug-likeness (QED) is 0.798. The number of carbonyl (C=O) groups excluding carboxylic acids is 1. The molecule has 2 aromatic rings. The highest BCUT2D eigenvalue weighted by Crippen LogP contribution is 2.30. The summed E-state index contributed by atoms with van der Waals surface area (Å²) in [6, 6.07) is 12.3. The standard InChI is InChI=1S/C16H12INO3/c17-13-3-1-2-11(8-13)15(19)18-7-6-10-4-5-12(16(20)21)9-14(10)18/h1-5,8-9H,6-7H2,(H,20,21). The van der Waals surface area contributed by atoms with Gasteiger partial charge in [-0.15, -0.1) is 0 Å². The summed E-state index contributed by atoms with van der Waals surface area (Å²) in [5, 5.41) is 9.09. The number of carboxylic acids is 1. The van der Waals surface area contributed by atoms with Gasteiger partial charge in [0.25, 0.3) is 5.91 Å². The first-order valence-electron chi connectivity index (χ1n) is 6.50. The van der Waals surface area contributed by atoms with Crippen LogP contribution < -0.4 is 4.90 Å². The molecule has 4 nitrogen and oxygen atoms in total. The van der Waals surface area contributed by atoms with Crippen molar-refractivity contribution >= 4 is 40.2 Å². The monoisotopic (exact) mass is 393 g/mol. The molecule has 0 fully saturated rings. The molecule has 0 atom stereocenters. The Balaban J connectivity index is 1.98. The van der Waals surface area contributed by atoms with Crippen molar-refractivity contribution in [3.63, 3.8) is 0 Å². The first-order chi connectivity index (χ1) is 10.1. The van der Waals surface area contributed by atoms with Crippen LogP contribution in [-0.4, -0.2) is 23.5 Å². The first-order valence-corrected chi connectivity index (χ1v) is 7.58. The largest absolute Gasteiger partial charge is 0.478 e. The van der Waals surface area contributed by atoms with Crippen molar-refractivity contribution in [2.45, 2.75) is 6.42 Å². The van der Waals surface area contributed by atoms with Crippen molar-refractivity contribution in [1.82, 2.24) is 0 Å². The van der Waals surface area contributed by atoms with Crippen LogP contribution in [-0.2, 0) is 6.42 Å². The van der Waals surface area contributed by atoms with Gasteiger partial charge in [0.2, 0.25) is 0 Å². The van der Waals surface area contributed by atoms with Gasteiger partial charge in [-0.1, -0.05) is 12.1 Å². The zero-order valence-corrected chi connectivity index (χ0v) is 13.2. The van der Waals surface area contributed by atoms with Crippen molar-refractivity contribution in [3.8, 4) is 0 Å². The van der Waals surface area contributed by atoms with Crippen LogP contribution in [0.1, 0.15) is 26.3 Å². The molecule has 0 bridgehead atoms. The lowest BCUT2D eigenvalue weighted by Gasteiger charge is -2.18. The van der Waals surface area contributed by atoms with Gasteiger partial charge in [-0.3, -0.25) is 4.79 Å². The normalized spacial score (nSPS) is 13.1. The molecular weight excluding hydrogens is 381 g/mol. The Morgan fingerprint density at radius 1 is 1.10 bits per heavy atom. The van der Waals surface area contributed by atoms with Gasteiger partial charge in [0.15, 0.2) is 0 Å². The minimum absolute atomic E-state index is 0.0881. The topological polar surface area (TPSA) is 57.6 Å². The average Bonchev–Trinajstić information content (AvgIpc) is 2.89. The molecule has 1 N–H and O–H groups in total. The number of carbonyl (C=O) groups is 2. The summed E-state index contributed by atoms with van der Waals surface area (Å²) in [5.74, 6) is -1.07. The molecule has 1 heterocycles. The van der Waals surface area contributed by atoms with E-state index in [1.165, 1.54) is 0 Å². The van der Waals surface area contributed by atoms with E-state index in [0.29, 0.717) is 17.8 Å². The molecule has 0 aliphatic carbocycles. The Labute approximate surface area is 135 Å². The molecule has 2 aromatic carbocycles. The molecule has 0 aromatic heterocycles. The number of nitrogens with zero attached hydrogens (tertiary/aromatic N) is 1. The Morgan fingerprint density at radius 3 is 2.62 bits per heavy atom. The molecule has 3 rings (SSSR count). The van der Waals surface area contributed by atoms with Crippen molar-refractivity contribution in [3.05, 3.63) is 62.7 Å². The second kappa shape index (κ2) is 5.48. The van der Waals surface area contributed by atoms with Gasteiger partial charge >= 0.3 is 5.97 Å². The lowest BCUT2D eigenvalue weighted by Crippen LogP contribution is -2.29. The molecule has 0 radical (unpaired) electrons. The van der Waals surface area contributed by atoms with Crippen molar-refractivity contribution in [1.29, 1.82) is 0 Å². The van der Waals surface area contributed by atoms with Gasteiger partial charge < -0.3 is 10.0 Å². The molecular formula is C16H12INO3. The van der Waals surface area contributed by atoms with Crippen LogP contribution in [0.15, 0.2) is 42.5 Å². The molecule has 0 saturated carbocycles. The van der Waals surface area contributed by atoms with Crippen LogP contribution in [0.3, 0.4) is 0 Å². The highest BCUT2D eigenvalue weighted by molar-refractivity contribution is 14.1. The SMILES string of the molecule is O=C(O)c1ccc2c(c1)N(C(=O)c1cccc(I)c1)CC2. The Morgan fingerprint density at radius 2 is 1.90 bits per heavy atom. The Bertz CT molecular complexity index is 742. The zero-order chi connectivity index (χ0) is 15.0. The number of fused-ring (bicyclic) bond motifs is 1. The summed E-state index contributed by atoms with van der Waals surface area (Å²) in [5.41, 5.74) is 2.55. The lowest BCUT2D eigenvalue weighted by molar-refractivity contribution is 0.0696. The van der Waals surface area contributed by atoms with Crippen molar-refractivity contribution in [2.24, 2.45) is 0 Å². The number of rotatable bonds is 2.